The summed E-state index contributed by atoms with van der Waals surface area (Å²) in [4.78, 5) is 1.15. The van der Waals surface area contributed by atoms with E-state index in [9.17, 15) is 0 Å². The van der Waals surface area contributed by atoms with Crippen LogP contribution in [0.2, 0.25) is 0 Å². The third-order valence-corrected chi connectivity index (χ3v) is 3.70. The highest BCUT2D eigenvalue weighted by Crippen LogP contribution is 2.33. The predicted molar refractivity (Wildman–Crippen MR) is 77.5 cm³/mol. The van der Waals surface area contributed by atoms with Crippen molar-refractivity contribution < 1.29 is 4.42 Å². The monoisotopic (exact) mass is 279 g/mol. The van der Waals surface area contributed by atoms with Crippen LogP contribution in [0.1, 0.15) is 56.5 Å². The molecule has 2 rings (SSSR count). The zero-order valence-electron chi connectivity index (χ0n) is 11.9. The highest BCUT2D eigenvalue weighted by molar-refractivity contribution is 7.05. The van der Waals surface area contributed by atoms with Crippen LogP contribution >= 0.6 is 11.5 Å². The molecule has 0 spiro atoms. The smallest absolute Gasteiger partial charge is 0.126 e. The molecule has 0 radical (unpaired) electrons. The number of rotatable bonds is 5. The third-order valence-electron chi connectivity index (χ3n) is 2.91. The summed E-state index contributed by atoms with van der Waals surface area (Å²) in [5, 5.41) is 7.84. The molecule has 2 aromatic rings. The van der Waals surface area contributed by atoms with Crippen molar-refractivity contribution in [3.63, 3.8) is 0 Å². The molecule has 0 bridgehead atoms. The molecule has 1 atom stereocenters. The number of nitrogens with zero attached hydrogens (tertiary/aromatic N) is 2. The van der Waals surface area contributed by atoms with Gasteiger partial charge in [-0.25, -0.2) is 0 Å². The predicted octanol–water partition coefficient (Wildman–Crippen LogP) is 3.52. The maximum atomic E-state index is 5.57. The van der Waals surface area contributed by atoms with E-state index in [1.54, 1.807) is 6.26 Å². The van der Waals surface area contributed by atoms with Crippen LogP contribution in [0.15, 0.2) is 22.8 Å². The molecular weight excluding hydrogens is 258 g/mol. The second-order valence-electron chi connectivity index (χ2n) is 5.64. The molecule has 0 saturated carbocycles. The summed E-state index contributed by atoms with van der Waals surface area (Å²) in [5.41, 5.74) is 1.03. The van der Waals surface area contributed by atoms with Crippen LogP contribution < -0.4 is 5.32 Å². The molecule has 1 unspecified atom stereocenters. The van der Waals surface area contributed by atoms with Crippen molar-refractivity contribution in [2.45, 2.75) is 45.6 Å². The molecule has 0 aliphatic rings. The van der Waals surface area contributed by atoms with Crippen molar-refractivity contribution >= 4 is 11.5 Å². The lowest BCUT2D eigenvalue weighted by Gasteiger charge is -2.21. The summed E-state index contributed by atoms with van der Waals surface area (Å²) < 4.78 is 9.71. The molecule has 0 saturated heterocycles. The van der Waals surface area contributed by atoms with Gasteiger partial charge in [-0.2, -0.15) is 0 Å². The van der Waals surface area contributed by atoms with Crippen LogP contribution in [0.25, 0.3) is 0 Å². The van der Waals surface area contributed by atoms with Crippen LogP contribution in [0, 0.1) is 0 Å². The van der Waals surface area contributed by atoms with Crippen molar-refractivity contribution in [2.75, 3.05) is 6.54 Å². The summed E-state index contributed by atoms with van der Waals surface area (Å²) >= 11 is 1.45. The minimum absolute atomic E-state index is 0.0128. The first-order chi connectivity index (χ1) is 9.04. The second kappa shape index (κ2) is 5.84. The van der Waals surface area contributed by atoms with Crippen LogP contribution in [0.5, 0.6) is 0 Å². The Labute approximate surface area is 118 Å². The fourth-order valence-corrected chi connectivity index (χ4v) is 2.92. The summed E-state index contributed by atoms with van der Waals surface area (Å²) in [6.07, 6.45) is 2.79. The number of nitrogens with one attached hydrogen (secondary N) is 1. The van der Waals surface area contributed by atoms with Crippen LogP contribution in [-0.4, -0.2) is 16.1 Å². The molecule has 0 aromatic carbocycles. The summed E-state index contributed by atoms with van der Waals surface area (Å²) in [5.74, 6) is 0.921. The van der Waals surface area contributed by atoms with Gasteiger partial charge in [0.1, 0.15) is 11.8 Å². The Morgan fingerprint density at radius 3 is 2.79 bits per heavy atom. The summed E-state index contributed by atoms with van der Waals surface area (Å²) in [7, 11) is 0. The third kappa shape index (κ3) is 3.22. The van der Waals surface area contributed by atoms with Crippen molar-refractivity contribution in [3.8, 4) is 0 Å². The van der Waals surface area contributed by atoms with Gasteiger partial charge in [0.25, 0.3) is 0 Å². The van der Waals surface area contributed by atoms with Gasteiger partial charge in [-0.1, -0.05) is 32.2 Å². The van der Waals surface area contributed by atoms with Gasteiger partial charge in [-0.05, 0) is 36.6 Å². The minimum Gasteiger partial charge on any atom is -0.467 e. The van der Waals surface area contributed by atoms with E-state index in [2.05, 4.69) is 42.6 Å². The highest BCUT2D eigenvalue weighted by atomic mass is 32.1. The summed E-state index contributed by atoms with van der Waals surface area (Å²) in [6, 6.07) is 3.96. The molecule has 0 fully saturated rings. The Hall–Kier alpha value is -1.20. The van der Waals surface area contributed by atoms with E-state index >= 15 is 0 Å². The second-order valence-corrected chi connectivity index (χ2v) is 6.42. The molecule has 1 N–H and O–H groups in total. The fraction of sp³-hybridized carbons (Fsp3) is 0.571. The first kappa shape index (κ1) is 14.2. The van der Waals surface area contributed by atoms with Gasteiger partial charge in [0.15, 0.2) is 0 Å². The van der Waals surface area contributed by atoms with Gasteiger partial charge in [0.05, 0.1) is 16.8 Å². The normalized spacial score (nSPS) is 13.7. The molecule has 19 heavy (non-hydrogen) atoms. The molecular formula is C14H21N3OS. The number of furan rings is 1. The van der Waals surface area contributed by atoms with Gasteiger partial charge in [0.2, 0.25) is 0 Å². The van der Waals surface area contributed by atoms with E-state index in [4.69, 9.17) is 4.42 Å². The quantitative estimate of drug-likeness (QED) is 0.910. The lowest BCUT2D eigenvalue weighted by molar-refractivity contribution is 0.442. The van der Waals surface area contributed by atoms with Crippen LogP contribution in [-0.2, 0) is 5.41 Å². The van der Waals surface area contributed by atoms with Crippen molar-refractivity contribution in [3.05, 3.63) is 34.7 Å². The Kier molecular flexibility index (Phi) is 4.37. The van der Waals surface area contributed by atoms with E-state index in [0.717, 1.165) is 29.3 Å². The van der Waals surface area contributed by atoms with E-state index in [0.29, 0.717) is 0 Å². The van der Waals surface area contributed by atoms with Crippen LogP contribution in [0.3, 0.4) is 0 Å². The van der Waals surface area contributed by atoms with E-state index in [-0.39, 0.29) is 11.5 Å². The van der Waals surface area contributed by atoms with Crippen molar-refractivity contribution in [1.29, 1.82) is 0 Å². The lowest BCUT2D eigenvalue weighted by atomic mass is 9.89. The van der Waals surface area contributed by atoms with Crippen molar-refractivity contribution in [1.82, 2.24) is 14.9 Å². The van der Waals surface area contributed by atoms with E-state index in [1.165, 1.54) is 11.5 Å². The lowest BCUT2D eigenvalue weighted by Crippen LogP contribution is -2.25. The zero-order valence-corrected chi connectivity index (χ0v) is 12.8. The Morgan fingerprint density at radius 1 is 1.42 bits per heavy atom. The topological polar surface area (TPSA) is 51.0 Å². The molecule has 0 aliphatic heterocycles. The van der Waals surface area contributed by atoms with E-state index in [1.807, 2.05) is 12.1 Å². The number of hydrogen-bond acceptors (Lipinski definition) is 5. The maximum Gasteiger partial charge on any atom is 0.126 e. The maximum absolute atomic E-state index is 5.57. The Morgan fingerprint density at radius 2 is 2.21 bits per heavy atom. The minimum atomic E-state index is -0.0128. The average molecular weight is 279 g/mol. The molecule has 104 valence electrons. The fourth-order valence-electron chi connectivity index (χ4n) is 1.97. The number of hydrogen-bond donors (Lipinski definition) is 1. The SMILES string of the molecule is CCCNC(c1ccco1)c1snnc1C(C)(C)C. The standard InChI is InChI=1S/C14H21N3OS/c1-5-8-15-11(10-7-6-9-18-10)12-13(14(2,3)4)16-17-19-12/h6-7,9,11,15H,5,8H2,1-4H3. The van der Waals surface area contributed by atoms with E-state index < -0.39 is 0 Å². The van der Waals surface area contributed by atoms with Gasteiger partial charge in [-0.3, -0.25) is 0 Å². The average Bonchev–Trinajstić information content (AvgIpc) is 2.99. The molecule has 0 amide bonds. The molecule has 4 nitrogen and oxygen atoms in total. The molecule has 5 heteroatoms. The van der Waals surface area contributed by atoms with Gasteiger partial charge < -0.3 is 9.73 Å². The number of aromatic nitrogens is 2. The van der Waals surface area contributed by atoms with Gasteiger partial charge >= 0.3 is 0 Å². The van der Waals surface area contributed by atoms with Crippen molar-refractivity contribution in [2.24, 2.45) is 0 Å². The van der Waals surface area contributed by atoms with Gasteiger partial charge in [-0.15, -0.1) is 5.10 Å². The molecule has 2 heterocycles. The zero-order chi connectivity index (χ0) is 13.9. The Balaban J connectivity index is 2.36. The molecule has 2 aromatic heterocycles. The van der Waals surface area contributed by atoms with Gasteiger partial charge in [0, 0.05) is 5.41 Å². The first-order valence-corrected chi connectivity index (χ1v) is 7.41. The largest absolute Gasteiger partial charge is 0.467 e. The van der Waals surface area contributed by atoms with Crippen LogP contribution in [0.4, 0.5) is 0 Å². The molecule has 0 aliphatic carbocycles. The first-order valence-electron chi connectivity index (χ1n) is 6.63. The highest BCUT2D eigenvalue weighted by Gasteiger charge is 2.29. The Bertz CT molecular complexity index is 499. The summed E-state index contributed by atoms with van der Waals surface area (Å²) in [6.45, 7) is 9.57.